The van der Waals surface area contributed by atoms with Crippen molar-refractivity contribution in [3.63, 3.8) is 0 Å². The highest BCUT2D eigenvalue weighted by molar-refractivity contribution is 6.12. The first-order chi connectivity index (χ1) is 13.5. The first-order valence-electron chi connectivity index (χ1n) is 9.60. The minimum atomic E-state index is -0.0737. The molecule has 0 spiro atoms. The topological polar surface area (TPSA) is 73.6 Å². The van der Waals surface area contributed by atoms with Crippen LogP contribution in [0.4, 0.5) is 0 Å². The summed E-state index contributed by atoms with van der Waals surface area (Å²) in [6, 6.07) is 3.78. The molecule has 0 atom stereocenters. The normalized spacial score (nSPS) is 15.4. The molecule has 28 heavy (non-hydrogen) atoms. The number of piperazine rings is 1. The van der Waals surface area contributed by atoms with Crippen LogP contribution in [0.3, 0.4) is 0 Å². The largest absolute Gasteiger partial charge is 0.497 e. The lowest BCUT2D eigenvalue weighted by atomic mass is 10.1. The molecule has 3 aromatic rings. The molecule has 0 radical (unpaired) electrons. The molecule has 0 saturated carbocycles. The Bertz CT molecular complexity index is 1080. The number of benzene rings is 1. The first-order valence-corrected chi connectivity index (χ1v) is 9.60. The van der Waals surface area contributed by atoms with Crippen molar-refractivity contribution < 1.29 is 9.47 Å². The summed E-state index contributed by atoms with van der Waals surface area (Å²) in [6.45, 7) is 7.34. The highest BCUT2D eigenvalue weighted by Crippen LogP contribution is 2.38. The average molecular weight is 385 g/mol. The Morgan fingerprint density at radius 2 is 1.86 bits per heavy atom. The van der Waals surface area contributed by atoms with Crippen LogP contribution in [0.5, 0.6) is 11.5 Å². The Balaban J connectivity index is 1.85. The quantitative estimate of drug-likeness (QED) is 0.710. The number of ether oxygens (including phenoxy) is 2. The molecule has 0 bridgehead atoms. The van der Waals surface area contributed by atoms with Crippen molar-refractivity contribution in [2.45, 2.75) is 13.5 Å². The number of hydrogen-bond acceptors (Lipinski definition) is 6. The lowest BCUT2D eigenvalue weighted by Gasteiger charge is -2.27. The number of rotatable bonds is 5. The van der Waals surface area contributed by atoms with Crippen molar-refractivity contribution in [3.05, 3.63) is 28.2 Å². The van der Waals surface area contributed by atoms with Gasteiger partial charge >= 0.3 is 0 Å². The molecule has 0 amide bonds. The van der Waals surface area contributed by atoms with Gasteiger partial charge in [0.15, 0.2) is 0 Å². The van der Waals surface area contributed by atoms with Gasteiger partial charge in [-0.15, -0.1) is 0 Å². The molecular weight excluding hydrogens is 358 g/mol. The van der Waals surface area contributed by atoms with Gasteiger partial charge in [-0.05, 0) is 6.92 Å². The highest BCUT2D eigenvalue weighted by atomic mass is 16.5. The van der Waals surface area contributed by atoms with E-state index in [0.717, 1.165) is 54.7 Å². The van der Waals surface area contributed by atoms with Crippen molar-refractivity contribution in [3.8, 4) is 11.5 Å². The van der Waals surface area contributed by atoms with Crippen molar-refractivity contribution in [1.29, 1.82) is 0 Å². The Morgan fingerprint density at radius 1 is 1.11 bits per heavy atom. The van der Waals surface area contributed by atoms with E-state index in [4.69, 9.17) is 9.47 Å². The summed E-state index contributed by atoms with van der Waals surface area (Å²) < 4.78 is 14.5. The molecule has 1 fully saturated rings. The standard InChI is InChI=1S/C20H27N5O3/c1-13-17-18-15(11-14(27-3)12-16(18)28-4)23(2)19(17)20(26)25(22-13)10-9-24-7-5-21-6-8-24/h11-12,21H,5-10H2,1-4H3. The minimum absolute atomic E-state index is 0.0737. The Kier molecular flexibility index (Phi) is 4.99. The third kappa shape index (κ3) is 3.02. The fourth-order valence-electron chi connectivity index (χ4n) is 4.10. The predicted octanol–water partition coefficient (Wildman–Crippen LogP) is 1.12. The molecular formula is C20H27N5O3. The zero-order chi connectivity index (χ0) is 19.8. The molecule has 1 saturated heterocycles. The maximum absolute atomic E-state index is 13.3. The number of nitrogens with one attached hydrogen (secondary N) is 1. The summed E-state index contributed by atoms with van der Waals surface area (Å²) in [6.07, 6.45) is 0. The molecule has 0 aliphatic carbocycles. The van der Waals surface area contributed by atoms with Crippen LogP contribution in [0, 0.1) is 6.92 Å². The van der Waals surface area contributed by atoms with Gasteiger partial charge in [0, 0.05) is 57.3 Å². The molecule has 150 valence electrons. The predicted molar refractivity (Wildman–Crippen MR) is 110 cm³/mol. The smallest absolute Gasteiger partial charge is 0.291 e. The molecule has 1 N–H and O–H groups in total. The number of aromatic nitrogens is 3. The number of nitrogens with zero attached hydrogens (tertiary/aromatic N) is 4. The third-order valence-corrected chi connectivity index (χ3v) is 5.60. The van der Waals surface area contributed by atoms with E-state index in [1.807, 2.05) is 30.7 Å². The van der Waals surface area contributed by atoms with E-state index in [1.54, 1.807) is 18.9 Å². The van der Waals surface area contributed by atoms with Gasteiger partial charge in [0.05, 0.1) is 37.4 Å². The molecule has 1 aliphatic heterocycles. The molecule has 1 aromatic carbocycles. The molecule has 4 rings (SSSR count). The van der Waals surface area contributed by atoms with Gasteiger partial charge in [-0.25, -0.2) is 4.68 Å². The van der Waals surface area contributed by atoms with E-state index < -0.39 is 0 Å². The van der Waals surface area contributed by atoms with Crippen LogP contribution >= 0.6 is 0 Å². The summed E-state index contributed by atoms with van der Waals surface area (Å²) in [7, 11) is 5.16. The van der Waals surface area contributed by atoms with Crippen LogP contribution < -0.4 is 20.3 Å². The number of fused-ring (bicyclic) bond motifs is 3. The van der Waals surface area contributed by atoms with Crippen molar-refractivity contribution >= 4 is 21.8 Å². The van der Waals surface area contributed by atoms with Gasteiger partial charge in [-0.3, -0.25) is 9.69 Å². The van der Waals surface area contributed by atoms with Gasteiger partial charge in [0.2, 0.25) is 0 Å². The first kappa shape index (κ1) is 18.8. The molecule has 0 unspecified atom stereocenters. The van der Waals surface area contributed by atoms with Crippen molar-refractivity contribution in [1.82, 2.24) is 24.6 Å². The van der Waals surface area contributed by atoms with Crippen LogP contribution in [0.2, 0.25) is 0 Å². The Labute approximate surface area is 163 Å². The van der Waals surface area contributed by atoms with Gasteiger partial charge in [-0.1, -0.05) is 0 Å². The molecule has 8 heteroatoms. The molecule has 2 aromatic heterocycles. The Hall–Kier alpha value is -2.58. The molecule has 1 aliphatic rings. The van der Waals surface area contributed by atoms with Gasteiger partial charge in [0.1, 0.15) is 17.0 Å². The van der Waals surface area contributed by atoms with E-state index in [9.17, 15) is 4.79 Å². The van der Waals surface area contributed by atoms with Gasteiger partial charge in [-0.2, -0.15) is 5.10 Å². The number of hydrogen-bond donors (Lipinski definition) is 1. The summed E-state index contributed by atoms with van der Waals surface area (Å²) in [5, 5.41) is 9.73. The minimum Gasteiger partial charge on any atom is -0.497 e. The summed E-state index contributed by atoms with van der Waals surface area (Å²) in [5.74, 6) is 1.38. The Morgan fingerprint density at radius 3 is 2.54 bits per heavy atom. The van der Waals surface area contributed by atoms with Crippen LogP contribution in [0.1, 0.15) is 5.69 Å². The van der Waals surface area contributed by atoms with Crippen molar-refractivity contribution in [2.24, 2.45) is 7.05 Å². The lowest BCUT2D eigenvalue weighted by molar-refractivity contribution is 0.228. The second-order valence-corrected chi connectivity index (χ2v) is 7.21. The fourth-order valence-corrected chi connectivity index (χ4v) is 4.10. The third-order valence-electron chi connectivity index (χ3n) is 5.60. The fraction of sp³-hybridized carbons (Fsp3) is 0.500. The second kappa shape index (κ2) is 7.44. The monoisotopic (exact) mass is 385 g/mol. The SMILES string of the molecule is COc1cc(OC)c2c3c(C)nn(CCN4CCNCC4)c(=O)c3n(C)c2c1. The van der Waals surface area contributed by atoms with Gasteiger partial charge in [0.25, 0.3) is 5.56 Å². The molecule has 3 heterocycles. The second-order valence-electron chi connectivity index (χ2n) is 7.21. The lowest BCUT2D eigenvalue weighted by Crippen LogP contribution is -2.45. The van der Waals surface area contributed by atoms with Crippen LogP contribution in [0.25, 0.3) is 21.8 Å². The number of aryl methyl sites for hydroxylation is 2. The van der Waals surface area contributed by atoms with Crippen molar-refractivity contribution in [2.75, 3.05) is 46.9 Å². The maximum Gasteiger partial charge on any atom is 0.291 e. The zero-order valence-electron chi connectivity index (χ0n) is 16.9. The number of methoxy groups -OCH3 is 2. The van der Waals surface area contributed by atoms with Crippen LogP contribution in [-0.4, -0.2) is 66.2 Å². The molecule has 8 nitrogen and oxygen atoms in total. The van der Waals surface area contributed by atoms with E-state index in [-0.39, 0.29) is 5.56 Å². The van der Waals surface area contributed by atoms with Gasteiger partial charge < -0.3 is 19.4 Å². The zero-order valence-corrected chi connectivity index (χ0v) is 16.9. The van der Waals surface area contributed by atoms with E-state index in [0.29, 0.717) is 23.6 Å². The van der Waals surface area contributed by atoms with Crippen LogP contribution in [0.15, 0.2) is 16.9 Å². The van der Waals surface area contributed by atoms with E-state index in [2.05, 4.69) is 15.3 Å². The summed E-state index contributed by atoms with van der Waals surface area (Å²) >= 11 is 0. The van der Waals surface area contributed by atoms with E-state index in [1.165, 1.54) is 0 Å². The average Bonchev–Trinajstić information content (AvgIpc) is 3.03. The maximum atomic E-state index is 13.3. The summed E-state index contributed by atoms with van der Waals surface area (Å²) in [5.41, 5.74) is 2.29. The summed E-state index contributed by atoms with van der Waals surface area (Å²) in [4.78, 5) is 15.6. The van der Waals surface area contributed by atoms with Crippen LogP contribution in [-0.2, 0) is 13.6 Å². The van der Waals surface area contributed by atoms with E-state index >= 15 is 0 Å². The highest BCUT2D eigenvalue weighted by Gasteiger charge is 2.21.